The number of nitrogens with zero attached hydrogens (tertiary/aromatic N) is 1. The summed E-state index contributed by atoms with van der Waals surface area (Å²) >= 11 is 0. The molecule has 114 valence electrons. The largest absolute Gasteiger partial charge is 0.396 e. The van der Waals surface area contributed by atoms with Crippen LogP contribution >= 0.6 is 0 Å². The molecule has 0 aromatic heterocycles. The Hall–Kier alpha value is -0.710. The molecule has 4 rings (SSSR count). The lowest BCUT2D eigenvalue weighted by atomic mass is 9.53. The molecule has 0 unspecified atom stereocenters. The van der Waals surface area contributed by atoms with Gasteiger partial charge in [0.1, 0.15) is 0 Å². The molecule has 4 fully saturated rings. The molecule has 1 N–H and O–H groups in total. The second-order valence-corrected chi connectivity index (χ2v) is 7.09. The number of hydrogen-bond donors (Lipinski definition) is 1. The minimum absolute atomic E-state index is 0.0387. The van der Waals surface area contributed by atoms with Crippen molar-refractivity contribution in [2.24, 2.45) is 10.8 Å². The average Bonchev–Trinajstić information content (AvgIpc) is 2.48. The van der Waals surface area contributed by atoms with Crippen molar-refractivity contribution in [3.05, 3.63) is 0 Å². The van der Waals surface area contributed by atoms with Gasteiger partial charge in [-0.3, -0.25) is 4.79 Å². The monoisotopic (exact) mass is 287 g/mol. The van der Waals surface area contributed by atoms with Gasteiger partial charge in [-0.25, -0.2) is 8.78 Å². The highest BCUT2D eigenvalue weighted by molar-refractivity contribution is 5.83. The first kappa shape index (κ1) is 14.2. The standard InChI is InChI=1S/C15H23F2NO2/c16-15(17)7-9-18(10-8-15)12(20)14-4-1-13(11-19,2-5-14)3-6-14/h19H,1-11H2. The van der Waals surface area contributed by atoms with Gasteiger partial charge in [-0.2, -0.15) is 0 Å². The molecular weight excluding hydrogens is 264 g/mol. The van der Waals surface area contributed by atoms with Crippen molar-refractivity contribution < 1.29 is 18.7 Å². The second-order valence-electron chi connectivity index (χ2n) is 7.09. The average molecular weight is 287 g/mol. The van der Waals surface area contributed by atoms with E-state index in [2.05, 4.69) is 0 Å². The van der Waals surface area contributed by atoms with E-state index < -0.39 is 5.92 Å². The van der Waals surface area contributed by atoms with Crippen LogP contribution in [0.15, 0.2) is 0 Å². The third kappa shape index (κ3) is 2.24. The molecule has 3 nitrogen and oxygen atoms in total. The van der Waals surface area contributed by atoms with E-state index in [0.717, 1.165) is 38.5 Å². The maximum Gasteiger partial charge on any atom is 0.251 e. The predicted molar refractivity (Wildman–Crippen MR) is 70.4 cm³/mol. The van der Waals surface area contributed by atoms with E-state index in [1.165, 1.54) is 0 Å². The molecule has 1 amide bonds. The molecule has 3 aliphatic carbocycles. The number of aliphatic hydroxyl groups excluding tert-OH is 1. The molecule has 3 saturated carbocycles. The van der Waals surface area contributed by atoms with Gasteiger partial charge in [0.25, 0.3) is 5.92 Å². The SMILES string of the molecule is O=C(N1CCC(F)(F)CC1)C12CCC(CO)(CC1)CC2. The van der Waals surface area contributed by atoms with Gasteiger partial charge in [0.05, 0.1) is 0 Å². The Bertz CT molecular complexity index is 376. The van der Waals surface area contributed by atoms with Gasteiger partial charge >= 0.3 is 0 Å². The minimum Gasteiger partial charge on any atom is -0.396 e. The van der Waals surface area contributed by atoms with Gasteiger partial charge in [0.2, 0.25) is 5.91 Å². The van der Waals surface area contributed by atoms with Gasteiger partial charge in [0.15, 0.2) is 0 Å². The van der Waals surface area contributed by atoms with Crippen molar-refractivity contribution in [2.45, 2.75) is 57.3 Å². The molecule has 5 heteroatoms. The van der Waals surface area contributed by atoms with Crippen molar-refractivity contribution in [1.82, 2.24) is 4.90 Å². The molecule has 4 aliphatic rings. The van der Waals surface area contributed by atoms with E-state index >= 15 is 0 Å². The molecule has 1 aliphatic heterocycles. The Morgan fingerprint density at radius 1 is 0.950 bits per heavy atom. The second kappa shape index (κ2) is 4.65. The van der Waals surface area contributed by atoms with Gasteiger partial charge in [-0.15, -0.1) is 0 Å². The first-order valence-electron chi connectivity index (χ1n) is 7.69. The fourth-order valence-electron chi connectivity index (χ4n) is 4.19. The zero-order valence-electron chi connectivity index (χ0n) is 11.8. The van der Waals surface area contributed by atoms with Crippen LogP contribution in [0.4, 0.5) is 8.78 Å². The number of amides is 1. The highest BCUT2D eigenvalue weighted by Gasteiger charge is 2.53. The number of fused-ring (bicyclic) bond motifs is 3. The van der Waals surface area contributed by atoms with Crippen molar-refractivity contribution in [3.63, 3.8) is 0 Å². The van der Waals surface area contributed by atoms with Gasteiger partial charge in [-0.05, 0) is 43.9 Å². The van der Waals surface area contributed by atoms with Crippen molar-refractivity contribution in [1.29, 1.82) is 0 Å². The van der Waals surface area contributed by atoms with E-state index in [0.29, 0.717) is 0 Å². The topological polar surface area (TPSA) is 40.5 Å². The molecule has 0 radical (unpaired) electrons. The van der Waals surface area contributed by atoms with Crippen LogP contribution in [0.3, 0.4) is 0 Å². The third-order valence-electron chi connectivity index (χ3n) is 5.97. The predicted octanol–water partition coefficient (Wildman–Crippen LogP) is 2.58. The lowest BCUT2D eigenvalue weighted by Gasteiger charge is -2.53. The fraction of sp³-hybridized carbons (Fsp3) is 0.933. The van der Waals surface area contributed by atoms with Crippen LogP contribution in [-0.4, -0.2) is 41.5 Å². The lowest BCUT2D eigenvalue weighted by Crippen LogP contribution is -2.54. The lowest BCUT2D eigenvalue weighted by molar-refractivity contribution is -0.159. The Labute approximate surface area is 118 Å². The van der Waals surface area contributed by atoms with Crippen LogP contribution in [0.1, 0.15) is 51.4 Å². The number of alkyl halides is 2. The summed E-state index contributed by atoms with van der Waals surface area (Å²) in [7, 11) is 0. The van der Waals surface area contributed by atoms with E-state index in [4.69, 9.17) is 0 Å². The Balaban J connectivity index is 1.67. The number of rotatable bonds is 2. The molecule has 1 saturated heterocycles. The van der Waals surface area contributed by atoms with Crippen LogP contribution in [0, 0.1) is 10.8 Å². The van der Waals surface area contributed by atoms with Gasteiger partial charge in [0, 0.05) is 38.0 Å². The van der Waals surface area contributed by atoms with Crippen LogP contribution in [0.5, 0.6) is 0 Å². The molecule has 2 bridgehead atoms. The number of carbonyl (C=O) groups is 1. The van der Waals surface area contributed by atoms with Crippen molar-refractivity contribution in [3.8, 4) is 0 Å². The van der Waals surface area contributed by atoms with Crippen LogP contribution in [0.25, 0.3) is 0 Å². The maximum atomic E-state index is 13.2. The smallest absolute Gasteiger partial charge is 0.251 e. The maximum absolute atomic E-state index is 13.2. The number of likely N-dealkylation sites (tertiary alicyclic amines) is 1. The number of hydrogen-bond acceptors (Lipinski definition) is 2. The molecule has 0 atom stereocenters. The number of aliphatic hydroxyl groups is 1. The van der Waals surface area contributed by atoms with Crippen molar-refractivity contribution >= 4 is 5.91 Å². The number of piperidine rings is 1. The van der Waals surface area contributed by atoms with Crippen molar-refractivity contribution in [2.75, 3.05) is 19.7 Å². The molecular formula is C15H23F2NO2. The molecule has 0 aromatic carbocycles. The van der Waals surface area contributed by atoms with Crippen LogP contribution in [0.2, 0.25) is 0 Å². The van der Waals surface area contributed by atoms with Gasteiger partial charge < -0.3 is 10.0 Å². The molecule has 20 heavy (non-hydrogen) atoms. The van der Waals surface area contributed by atoms with E-state index in [-0.39, 0.29) is 49.3 Å². The quantitative estimate of drug-likeness (QED) is 0.848. The Morgan fingerprint density at radius 2 is 1.45 bits per heavy atom. The first-order chi connectivity index (χ1) is 9.40. The summed E-state index contributed by atoms with van der Waals surface area (Å²) in [5.41, 5.74) is -0.277. The Kier molecular flexibility index (Phi) is 3.31. The van der Waals surface area contributed by atoms with Crippen LogP contribution < -0.4 is 0 Å². The van der Waals surface area contributed by atoms with Crippen LogP contribution in [-0.2, 0) is 4.79 Å². The highest BCUT2D eigenvalue weighted by atomic mass is 19.3. The summed E-state index contributed by atoms with van der Waals surface area (Å²) < 4.78 is 26.4. The third-order valence-corrected chi connectivity index (χ3v) is 5.97. The summed E-state index contributed by atoms with van der Waals surface area (Å²) in [5.74, 6) is -2.50. The first-order valence-corrected chi connectivity index (χ1v) is 7.69. The van der Waals surface area contributed by atoms with E-state index in [9.17, 15) is 18.7 Å². The normalized spacial score (nSPS) is 39.9. The van der Waals surface area contributed by atoms with E-state index in [1.807, 2.05) is 0 Å². The zero-order chi connectivity index (χ0) is 14.4. The Morgan fingerprint density at radius 3 is 1.90 bits per heavy atom. The fourth-order valence-corrected chi connectivity index (χ4v) is 4.19. The molecule has 0 aromatic rings. The summed E-state index contributed by atoms with van der Waals surface area (Å²) in [6.45, 7) is 0.602. The molecule has 0 spiro atoms. The number of carbonyl (C=O) groups excluding carboxylic acids is 1. The summed E-state index contributed by atoms with van der Waals surface area (Å²) in [5, 5.41) is 9.52. The highest BCUT2D eigenvalue weighted by Crippen LogP contribution is 2.57. The number of halogens is 2. The van der Waals surface area contributed by atoms with Gasteiger partial charge in [-0.1, -0.05) is 0 Å². The summed E-state index contributed by atoms with van der Waals surface area (Å²) in [6.07, 6.45) is 4.76. The molecule has 1 heterocycles. The zero-order valence-corrected chi connectivity index (χ0v) is 11.8. The minimum atomic E-state index is -2.60. The summed E-state index contributed by atoms with van der Waals surface area (Å²) in [6, 6.07) is 0. The van der Waals surface area contributed by atoms with E-state index in [1.54, 1.807) is 4.90 Å². The summed E-state index contributed by atoms with van der Waals surface area (Å²) in [4.78, 5) is 14.4.